The molecule has 2 aliphatic rings. The quantitative estimate of drug-likeness (QED) is 0.551. The van der Waals surface area contributed by atoms with Crippen LogP contribution in [0.5, 0.6) is 0 Å². The Balaban J connectivity index is 1.43. The van der Waals surface area contributed by atoms with Gasteiger partial charge in [0, 0.05) is 28.4 Å². The Hall–Kier alpha value is -2.68. The maximum absolute atomic E-state index is 13.5. The second-order valence-electron chi connectivity index (χ2n) is 9.09. The summed E-state index contributed by atoms with van der Waals surface area (Å²) < 4.78 is 6.13. The summed E-state index contributed by atoms with van der Waals surface area (Å²) >= 11 is 1.46. The molecule has 1 aliphatic heterocycles. The van der Waals surface area contributed by atoms with E-state index in [2.05, 4.69) is 21.4 Å². The van der Waals surface area contributed by atoms with Crippen molar-refractivity contribution in [1.82, 2.24) is 15.0 Å². The van der Waals surface area contributed by atoms with Crippen molar-refractivity contribution in [3.8, 4) is 0 Å². The number of nitrogens with zero attached hydrogens (tertiary/aromatic N) is 3. The van der Waals surface area contributed by atoms with Crippen LogP contribution in [-0.2, 0) is 11.2 Å². The molecule has 0 saturated heterocycles. The minimum absolute atomic E-state index is 0.0820. The maximum Gasteiger partial charge on any atom is 0.208 e. The molecule has 5 rings (SSSR count). The molecule has 4 atom stereocenters. The van der Waals surface area contributed by atoms with Crippen LogP contribution in [-0.4, -0.2) is 44.6 Å². The van der Waals surface area contributed by atoms with Gasteiger partial charge in [0.2, 0.25) is 5.78 Å². The molecule has 1 aliphatic carbocycles. The summed E-state index contributed by atoms with van der Waals surface area (Å²) in [6.07, 6.45) is 4.74. The number of hydrogen-bond acceptors (Lipinski definition) is 8. The van der Waals surface area contributed by atoms with Gasteiger partial charge in [-0.2, -0.15) is 0 Å². The smallest absolute Gasteiger partial charge is 0.208 e. The molecule has 0 aromatic carbocycles. The summed E-state index contributed by atoms with van der Waals surface area (Å²) in [7, 11) is 0. The van der Waals surface area contributed by atoms with Gasteiger partial charge in [-0.15, -0.1) is 11.3 Å². The van der Waals surface area contributed by atoms with Crippen molar-refractivity contribution in [2.75, 3.05) is 11.9 Å². The highest BCUT2D eigenvalue weighted by atomic mass is 32.1. The molecule has 0 spiro atoms. The Bertz CT molecular complexity index is 1180. The monoisotopic (exact) mass is 464 g/mol. The fraction of sp³-hybridized carbons (Fsp3) is 0.440. The lowest BCUT2D eigenvalue weighted by Crippen LogP contribution is -2.20. The molecule has 0 amide bonds. The average molecular weight is 465 g/mol. The van der Waals surface area contributed by atoms with Crippen molar-refractivity contribution in [3.63, 3.8) is 0 Å². The van der Waals surface area contributed by atoms with Crippen LogP contribution < -0.4 is 5.32 Å². The number of ketones is 1. The fourth-order valence-electron chi connectivity index (χ4n) is 4.80. The molecule has 3 aromatic heterocycles. The Morgan fingerprint density at radius 1 is 1.27 bits per heavy atom. The standard InChI is InChI=1S/C25H28N4O3S/c1-13-8-17(9-20(13)30)29-25-19(11-26-12-27-25)23(31)21-10-18(15(3)33-21)24-22-16(6-7-32-24)5-4-14(2)28-22/h4-5,10-13,17,20,24,30H,6-9H2,1-3H3,(H,26,27,29)/t13-,17-,20+,24-/m1/s1. The van der Waals surface area contributed by atoms with Crippen LogP contribution in [0.15, 0.2) is 30.7 Å². The zero-order valence-corrected chi connectivity index (χ0v) is 19.9. The number of carbonyl (C=O) groups excluding carboxylic acids is 1. The third-order valence-corrected chi connectivity index (χ3v) is 7.72. The Morgan fingerprint density at radius 2 is 2.12 bits per heavy atom. The minimum atomic E-state index is -0.332. The molecular formula is C25H28N4O3S. The van der Waals surface area contributed by atoms with Crippen LogP contribution in [0, 0.1) is 19.8 Å². The van der Waals surface area contributed by atoms with Gasteiger partial charge >= 0.3 is 0 Å². The van der Waals surface area contributed by atoms with E-state index < -0.39 is 0 Å². The number of aryl methyl sites for hydroxylation is 2. The molecule has 4 heterocycles. The predicted molar refractivity (Wildman–Crippen MR) is 127 cm³/mol. The van der Waals surface area contributed by atoms with Gasteiger partial charge in [0.25, 0.3) is 0 Å². The highest BCUT2D eigenvalue weighted by Gasteiger charge is 2.32. The first-order chi connectivity index (χ1) is 15.9. The van der Waals surface area contributed by atoms with E-state index in [9.17, 15) is 9.90 Å². The number of nitrogens with one attached hydrogen (secondary N) is 1. The summed E-state index contributed by atoms with van der Waals surface area (Å²) in [5.41, 5.74) is 4.53. The summed E-state index contributed by atoms with van der Waals surface area (Å²) in [6.45, 7) is 6.67. The molecule has 1 saturated carbocycles. The summed E-state index contributed by atoms with van der Waals surface area (Å²) in [4.78, 5) is 28.4. The molecule has 0 radical (unpaired) electrons. The van der Waals surface area contributed by atoms with Gasteiger partial charge in [-0.05, 0) is 56.7 Å². The molecule has 0 unspecified atom stereocenters. The molecular weight excluding hydrogens is 436 g/mol. The maximum atomic E-state index is 13.5. The molecule has 172 valence electrons. The van der Waals surface area contributed by atoms with Crippen molar-refractivity contribution in [1.29, 1.82) is 0 Å². The van der Waals surface area contributed by atoms with E-state index in [4.69, 9.17) is 9.72 Å². The van der Waals surface area contributed by atoms with Crippen LogP contribution in [0.4, 0.5) is 5.82 Å². The first kappa shape index (κ1) is 22.1. The van der Waals surface area contributed by atoms with E-state index >= 15 is 0 Å². The molecule has 8 heteroatoms. The number of thiophene rings is 1. The lowest BCUT2D eigenvalue weighted by molar-refractivity contribution is 0.0662. The normalized spacial score (nSPS) is 24.5. The molecule has 7 nitrogen and oxygen atoms in total. The Morgan fingerprint density at radius 3 is 2.91 bits per heavy atom. The van der Waals surface area contributed by atoms with E-state index in [-0.39, 0.29) is 30.0 Å². The highest BCUT2D eigenvalue weighted by molar-refractivity contribution is 7.14. The van der Waals surface area contributed by atoms with E-state index in [0.717, 1.165) is 34.7 Å². The topological polar surface area (TPSA) is 97.2 Å². The average Bonchev–Trinajstić information content (AvgIpc) is 3.34. The van der Waals surface area contributed by atoms with Gasteiger partial charge in [-0.25, -0.2) is 9.97 Å². The number of ether oxygens (including phenoxy) is 1. The van der Waals surface area contributed by atoms with Gasteiger partial charge in [0.1, 0.15) is 18.2 Å². The van der Waals surface area contributed by atoms with Crippen molar-refractivity contribution < 1.29 is 14.6 Å². The highest BCUT2D eigenvalue weighted by Crippen LogP contribution is 2.38. The lowest BCUT2D eigenvalue weighted by Gasteiger charge is -2.25. The van der Waals surface area contributed by atoms with Crippen LogP contribution in [0.1, 0.15) is 68.5 Å². The van der Waals surface area contributed by atoms with Crippen LogP contribution in [0.3, 0.4) is 0 Å². The Kier molecular flexibility index (Phi) is 5.99. The molecule has 0 bridgehead atoms. The number of carbonyl (C=O) groups is 1. The fourth-order valence-corrected chi connectivity index (χ4v) is 5.80. The van der Waals surface area contributed by atoms with Crippen molar-refractivity contribution >= 4 is 22.9 Å². The second-order valence-corrected chi connectivity index (χ2v) is 10.3. The molecule has 3 aromatic rings. The predicted octanol–water partition coefficient (Wildman–Crippen LogP) is 4.01. The van der Waals surface area contributed by atoms with Crippen LogP contribution >= 0.6 is 11.3 Å². The number of aromatic nitrogens is 3. The van der Waals surface area contributed by atoms with Crippen molar-refractivity contribution in [2.45, 2.75) is 58.3 Å². The van der Waals surface area contributed by atoms with E-state index in [1.807, 2.05) is 32.9 Å². The molecule has 1 fully saturated rings. The zero-order chi connectivity index (χ0) is 23.1. The van der Waals surface area contributed by atoms with E-state index in [1.165, 1.54) is 23.2 Å². The molecule has 33 heavy (non-hydrogen) atoms. The number of anilines is 1. The van der Waals surface area contributed by atoms with Gasteiger partial charge in [0.15, 0.2) is 0 Å². The SMILES string of the molecule is Cc1ccc2c(n1)[C@@H](c1cc(C(=O)c3cncnc3N[C@@H]3C[C@@H](C)[C@@H](O)C3)sc1C)OCC2. The van der Waals surface area contributed by atoms with Gasteiger partial charge in [0.05, 0.1) is 28.8 Å². The third-order valence-electron chi connectivity index (χ3n) is 6.66. The van der Waals surface area contributed by atoms with Crippen molar-refractivity contribution in [3.05, 3.63) is 68.6 Å². The minimum Gasteiger partial charge on any atom is -0.393 e. The van der Waals surface area contributed by atoms with Gasteiger partial charge in [-0.3, -0.25) is 9.78 Å². The van der Waals surface area contributed by atoms with E-state index in [1.54, 1.807) is 6.20 Å². The first-order valence-electron chi connectivity index (χ1n) is 11.4. The third kappa shape index (κ3) is 4.30. The largest absolute Gasteiger partial charge is 0.393 e. The number of aliphatic hydroxyl groups is 1. The number of rotatable bonds is 5. The van der Waals surface area contributed by atoms with E-state index in [0.29, 0.717) is 29.3 Å². The second kappa shape index (κ2) is 8.93. The lowest BCUT2D eigenvalue weighted by atomic mass is 9.97. The van der Waals surface area contributed by atoms with Crippen LogP contribution in [0.25, 0.3) is 0 Å². The van der Waals surface area contributed by atoms with Crippen LogP contribution in [0.2, 0.25) is 0 Å². The summed E-state index contributed by atoms with van der Waals surface area (Å²) in [5.74, 6) is 0.629. The number of aliphatic hydroxyl groups excluding tert-OH is 1. The van der Waals surface area contributed by atoms with Gasteiger partial charge < -0.3 is 15.2 Å². The van der Waals surface area contributed by atoms with Gasteiger partial charge in [-0.1, -0.05) is 13.0 Å². The Labute approximate surface area is 197 Å². The number of pyridine rings is 1. The first-order valence-corrected chi connectivity index (χ1v) is 12.2. The van der Waals surface area contributed by atoms with Crippen molar-refractivity contribution in [2.24, 2.45) is 5.92 Å². The molecule has 2 N–H and O–H groups in total. The number of hydrogen-bond donors (Lipinski definition) is 2. The zero-order valence-electron chi connectivity index (χ0n) is 19.0. The number of fused-ring (bicyclic) bond motifs is 1. The summed E-state index contributed by atoms with van der Waals surface area (Å²) in [6, 6.07) is 6.18. The summed E-state index contributed by atoms with van der Waals surface area (Å²) in [5, 5.41) is 13.5.